The smallest absolute Gasteiger partial charge is 0.163 e. The van der Waals surface area contributed by atoms with E-state index in [9.17, 15) is 0 Å². The second-order valence-electron chi connectivity index (χ2n) is 11.2. The van der Waals surface area contributed by atoms with E-state index in [1.165, 1.54) is 32.1 Å². The quantitative estimate of drug-likeness (QED) is 0.613. The Balaban J connectivity index is 1.62. The average Bonchev–Trinajstić information content (AvgIpc) is 3.19. The van der Waals surface area contributed by atoms with E-state index in [0.29, 0.717) is 23.9 Å². The fraction of sp³-hybridized carbons (Fsp3) is 1.00. The van der Waals surface area contributed by atoms with Gasteiger partial charge in [0, 0.05) is 11.8 Å². The maximum atomic E-state index is 6.85. The minimum absolute atomic E-state index is 0.0775. The highest BCUT2D eigenvalue weighted by Crippen LogP contribution is 2.73. The van der Waals surface area contributed by atoms with Gasteiger partial charge in [0.2, 0.25) is 0 Å². The molecule has 5 rings (SSSR count). The van der Waals surface area contributed by atoms with Crippen LogP contribution in [0.15, 0.2) is 0 Å². The van der Waals surface area contributed by atoms with E-state index in [1.54, 1.807) is 0 Å². The Morgan fingerprint density at radius 1 is 1.04 bits per heavy atom. The molecule has 5 aliphatic rings. The first kappa shape index (κ1) is 17.9. The van der Waals surface area contributed by atoms with E-state index in [0.717, 1.165) is 30.3 Å². The lowest BCUT2D eigenvalue weighted by atomic mass is 9.47. The Hall–Kier alpha value is -0.120. The minimum Gasteiger partial charge on any atom is -0.362 e. The molecular weight excluding hydrogens is 324 g/mol. The molecule has 0 amide bonds. The predicted molar refractivity (Wildman–Crippen MR) is 102 cm³/mol. The molecule has 9 atom stereocenters. The molecule has 148 valence electrons. The third-order valence-electron chi connectivity index (χ3n) is 9.14. The van der Waals surface area contributed by atoms with Gasteiger partial charge < -0.3 is 14.2 Å². The monoisotopic (exact) mass is 362 g/mol. The van der Waals surface area contributed by atoms with Crippen LogP contribution in [-0.4, -0.2) is 29.7 Å². The normalized spacial score (nSPS) is 57.6. The summed E-state index contributed by atoms with van der Waals surface area (Å²) >= 11 is 0. The molecule has 3 nitrogen and oxygen atoms in total. The van der Waals surface area contributed by atoms with Gasteiger partial charge in [-0.15, -0.1) is 0 Å². The Morgan fingerprint density at radius 3 is 2.54 bits per heavy atom. The van der Waals surface area contributed by atoms with E-state index in [2.05, 4.69) is 41.5 Å². The number of epoxide rings is 1. The van der Waals surface area contributed by atoms with Crippen LogP contribution in [0, 0.1) is 41.4 Å². The third-order valence-corrected chi connectivity index (χ3v) is 9.14. The first-order valence-corrected chi connectivity index (χ1v) is 11.2. The zero-order valence-electron chi connectivity index (χ0n) is 17.6. The van der Waals surface area contributed by atoms with Gasteiger partial charge in [-0.2, -0.15) is 0 Å². The van der Waals surface area contributed by atoms with Crippen LogP contribution >= 0.6 is 0 Å². The average molecular weight is 363 g/mol. The van der Waals surface area contributed by atoms with Gasteiger partial charge >= 0.3 is 0 Å². The van der Waals surface area contributed by atoms with Crippen LogP contribution < -0.4 is 0 Å². The van der Waals surface area contributed by atoms with Crippen LogP contribution in [0.2, 0.25) is 0 Å². The van der Waals surface area contributed by atoms with Crippen molar-refractivity contribution in [3.8, 4) is 0 Å². The van der Waals surface area contributed by atoms with E-state index < -0.39 is 5.79 Å². The zero-order valence-corrected chi connectivity index (χ0v) is 17.6. The second-order valence-corrected chi connectivity index (χ2v) is 11.2. The molecule has 4 bridgehead atoms. The Kier molecular flexibility index (Phi) is 3.78. The Morgan fingerprint density at radius 2 is 1.81 bits per heavy atom. The SMILES string of the molecule is CC(C)[C@H]1CC[C@H](C)[C@H]2CC[C@@]3(C)O[C@@]34[C@@H]2[C@@H]2OC(C)(C)OC[C@@H]2C[C@@H]14. The summed E-state index contributed by atoms with van der Waals surface area (Å²) in [7, 11) is 0. The number of ether oxygens (including phenoxy) is 3. The standard InChI is InChI=1S/C23H38O3/c1-13(2)16-8-7-14(3)17-9-10-22(6)23(26-22)18(16)11-15-12-24-21(4,5)25-20(15)19(17)23/h13-20H,7-12H2,1-6H3/t14-,15-,16+,17+,18-,19-,20+,22+,23-/m0/s1. The van der Waals surface area contributed by atoms with Crippen molar-refractivity contribution in [1.29, 1.82) is 0 Å². The van der Waals surface area contributed by atoms with Crippen molar-refractivity contribution in [1.82, 2.24) is 0 Å². The largest absolute Gasteiger partial charge is 0.362 e. The highest BCUT2D eigenvalue weighted by atomic mass is 16.7. The molecule has 0 aromatic rings. The van der Waals surface area contributed by atoms with E-state index in [4.69, 9.17) is 14.2 Å². The molecule has 1 spiro atoms. The van der Waals surface area contributed by atoms with Gasteiger partial charge in [-0.05, 0) is 76.0 Å². The van der Waals surface area contributed by atoms with Crippen molar-refractivity contribution in [3.63, 3.8) is 0 Å². The molecule has 26 heavy (non-hydrogen) atoms. The summed E-state index contributed by atoms with van der Waals surface area (Å²) in [5.41, 5.74) is 0.175. The van der Waals surface area contributed by atoms with Gasteiger partial charge in [-0.1, -0.05) is 27.2 Å². The number of rotatable bonds is 1. The van der Waals surface area contributed by atoms with Crippen LogP contribution in [0.1, 0.15) is 73.6 Å². The fourth-order valence-electron chi connectivity index (χ4n) is 7.89. The van der Waals surface area contributed by atoms with Crippen LogP contribution in [0.25, 0.3) is 0 Å². The number of fused-ring (bicyclic) bond motifs is 1. The van der Waals surface area contributed by atoms with Gasteiger partial charge in [0.15, 0.2) is 5.79 Å². The second kappa shape index (κ2) is 5.48. The summed E-state index contributed by atoms with van der Waals surface area (Å²) in [4.78, 5) is 0. The van der Waals surface area contributed by atoms with Crippen molar-refractivity contribution >= 4 is 0 Å². The summed E-state index contributed by atoms with van der Waals surface area (Å²) in [6.07, 6.45) is 6.86. The first-order chi connectivity index (χ1) is 12.2. The topological polar surface area (TPSA) is 31.0 Å². The maximum absolute atomic E-state index is 6.85. The third kappa shape index (κ3) is 2.23. The van der Waals surface area contributed by atoms with Crippen molar-refractivity contribution in [3.05, 3.63) is 0 Å². The molecule has 3 saturated carbocycles. The maximum Gasteiger partial charge on any atom is 0.163 e. The number of hydrogen-bond acceptors (Lipinski definition) is 3. The van der Waals surface area contributed by atoms with E-state index >= 15 is 0 Å². The molecule has 2 aliphatic heterocycles. The van der Waals surface area contributed by atoms with Crippen molar-refractivity contribution in [2.45, 2.75) is 96.7 Å². The molecule has 3 heteroatoms. The van der Waals surface area contributed by atoms with Crippen LogP contribution in [0.4, 0.5) is 0 Å². The van der Waals surface area contributed by atoms with Gasteiger partial charge in [-0.3, -0.25) is 0 Å². The molecule has 0 N–H and O–H groups in total. The molecular formula is C23H38O3. The molecule has 0 unspecified atom stereocenters. The molecule has 2 heterocycles. The highest BCUT2D eigenvalue weighted by molar-refractivity contribution is 5.28. The zero-order chi connectivity index (χ0) is 18.5. The van der Waals surface area contributed by atoms with Crippen LogP contribution in [0.3, 0.4) is 0 Å². The van der Waals surface area contributed by atoms with E-state index in [-0.39, 0.29) is 11.2 Å². The van der Waals surface area contributed by atoms with Gasteiger partial charge in [0.1, 0.15) is 5.60 Å². The lowest BCUT2D eigenvalue weighted by molar-refractivity contribution is -0.327. The molecule has 0 aromatic heterocycles. The molecule has 0 radical (unpaired) electrons. The fourth-order valence-corrected chi connectivity index (χ4v) is 7.89. The van der Waals surface area contributed by atoms with Crippen molar-refractivity contribution in [2.75, 3.05) is 6.61 Å². The Bertz CT molecular complexity index is 586. The summed E-state index contributed by atoms with van der Waals surface area (Å²) < 4.78 is 19.7. The summed E-state index contributed by atoms with van der Waals surface area (Å²) in [5.74, 6) is 4.37. The summed E-state index contributed by atoms with van der Waals surface area (Å²) in [6.45, 7) is 14.9. The summed E-state index contributed by atoms with van der Waals surface area (Å²) in [5, 5.41) is 0. The lowest BCUT2D eigenvalue weighted by Gasteiger charge is -2.59. The highest BCUT2D eigenvalue weighted by Gasteiger charge is 2.81. The first-order valence-electron chi connectivity index (χ1n) is 11.2. The summed E-state index contributed by atoms with van der Waals surface area (Å²) in [6, 6.07) is 0. The molecule has 5 fully saturated rings. The van der Waals surface area contributed by atoms with Crippen LogP contribution in [-0.2, 0) is 14.2 Å². The van der Waals surface area contributed by atoms with Gasteiger partial charge in [0.25, 0.3) is 0 Å². The Labute approximate surface area is 159 Å². The van der Waals surface area contributed by atoms with Crippen LogP contribution in [0.5, 0.6) is 0 Å². The van der Waals surface area contributed by atoms with Gasteiger partial charge in [-0.25, -0.2) is 0 Å². The van der Waals surface area contributed by atoms with Crippen molar-refractivity contribution < 1.29 is 14.2 Å². The molecule has 2 saturated heterocycles. The predicted octanol–water partition coefficient (Wildman–Crippen LogP) is 5.03. The van der Waals surface area contributed by atoms with E-state index in [1.807, 2.05) is 0 Å². The molecule has 0 aromatic carbocycles. The van der Waals surface area contributed by atoms with Crippen molar-refractivity contribution in [2.24, 2.45) is 41.4 Å². The lowest BCUT2D eigenvalue weighted by Crippen LogP contribution is -2.65. The van der Waals surface area contributed by atoms with Gasteiger partial charge in [0.05, 0.1) is 18.3 Å². The minimum atomic E-state index is -0.451. The number of hydrogen-bond donors (Lipinski definition) is 0. The molecule has 3 aliphatic carbocycles.